The first-order valence-electron chi connectivity index (χ1n) is 6.78. The van der Waals surface area contributed by atoms with E-state index < -0.39 is 0 Å². The second-order valence-corrected chi connectivity index (χ2v) is 6.09. The summed E-state index contributed by atoms with van der Waals surface area (Å²) in [6, 6.07) is 0.410. The van der Waals surface area contributed by atoms with Gasteiger partial charge in [-0.1, -0.05) is 0 Å². The van der Waals surface area contributed by atoms with Gasteiger partial charge >= 0.3 is 0 Å². The summed E-state index contributed by atoms with van der Waals surface area (Å²) >= 11 is 1.68. The molecule has 2 bridgehead atoms. The topological polar surface area (TPSA) is 58.5 Å². The zero-order chi connectivity index (χ0) is 13.2. The van der Waals surface area contributed by atoms with Crippen LogP contribution in [-0.4, -0.2) is 36.2 Å². The number of nitrogens with zero attached hydrogens (tertiary/aromatic N) is 2. The molecule has 6 heteroatoms. The molecule has 3 unspecified atom stereocenters. The Bertz CT molecular complexity index is 473. The average Bonchev–Trinajstić information content (AvgIpc) is 3.11. The predicted octanol–water partition coefficient (Wildman–Crippen LogP) is 1.44. The van der Waals surface area contributed by atoms with E-state index in [4.69, 9.17) is 4.74 Å². The van der Waals surface area contributed by atoms with Crippen LogP contribution in [0.15, 0.2) is 10.5 Å². The number of thiazole rings is 1. The van der Waals surface area contributed by atoms with Crippen molar-refractivity contribution in [3.05, 3.63) is 16.1 Å². The fraction of sp³-hybridized carbons (Fsp3) is 0.692. The summed E-state index contributed by atoms with van der Waals surface area (Å²) in [4.78, 5) is 9.80. The maximum Gasteiger partial charge on any atom is 0.191 e. The standard InChI is InChI=1S/C13H20N4OS/c1-8-12(19-7-16-8)6-15-13(14-2)17-10-5-9-3-4-11(10)18-9/h7,9-11H,3-6H2,1-2H3,(H2,14,15,17). The monoisotopic (exact) mass is 280 g/mol. The summed E-state index contributed by atoms with van der Waals surface area (Å²) in [5, 5.41) is 6.83. The van der Waals surface area contributed by atoms with Crippen LogP contribution in [0.1, 0.15) is 29.8 Å². The molecule has 3 heterocycles. The molecular weight excluding hydrogens is 260 g/mol. The molecule has 0 amide bonds. The van der Waals surface area contributed by atoms with Crippen molar-refractivity contribution in [1.82, 2.24) is 15.6 Å². The highest BCUT2D eigenvalue weighted by atomic mass is 32.1. The smallest absolute Gasteiger partial charge is 0.191 e. The third-order valence-electron chi connectivity index (χ3n) is 3.91. The van der Waals surface area contributed by atoms with Gasteiger partial charge in [0.05, 0.1) is 36.0 Å². The molecule has 0 saturated carbocycles. The molecule has 104 valence electrons. The number of guanidine groups is 1. The van der Waals surface area contributed by atoms with Crippen LogP contribution >= 0.6 is 11.3 Å². The largest absolute Gasteiger partial charge is 0.373 e. The van der Waals surface area contributed by atoms with Crippen LogP contribution in [0.4, 0.5) is 0 Å². The molecule has 2 aliphatic rings. The molecule has 0 aromatic carbocycles. The molecule has 1 aromatic rings. The van der Waals surface area contributed by atoms with Crippen LogP contribution < -0.4 is 10.6 Å². The lowest BCUT2D eigenvalue weighted by molar-refractivity contribution is 0.0992. The van der Waals surface area contributed by atoms with Crippen molar-refractivity contribution in [2.75, 3.05) is 7.05 Å². The van der Waals surface area contributed by atoms with E-state index in [1.54, 1.807) is 11.3 Å². The van der Waals surface area contributed by atoms with Crippen molar-refractivity contribution in [3.8, 4) is 0 Å². The van der Waals surface area contributed by atoms with Crippen LogP contribution in [-0.2, 0) is 11.3 Å². The van der Waals surface area contributed by atoms with E-state index in [0.29, 0.717) is 18.2 Å². The average molecular weight is 280 g/mol. The molecule has 0 spiro atoms. The van der Waals surface area contributed by atoms with Gasteiger partial charge in [-0.3, -0.25) is 4.99 Å². The molecule has 2 fully saturated rings. The molecule has 0 aliphatic carbocycles. The maximum absolute atomic E-state index is 5.85. The lowest BCUT2D eigenvalue weighted by Crippen LogP contribution is -2.47. The fourth-order valence-corrected chi connectivity index (χ4v) is 3.54. The minimum atomic E-state index is 0.369. The molecule has 3 atom stereocenters. The van der Waals surface area contributed by atoms with Crippen LogP contribution in [0.3, 0.4) is 0 Å². The Morgan fingerprint density at radius 3 is 3.05 bits per heavy atom. The highest BCUT2D eigenvalue weighted by Gasteiger charge is 2.41. The van der Waals surface area contributed by atoms with Gasteiger partial charge in [0.15, 0.2) is 5.96 Å². The fourth-order valence-electron chi connectivity index (χ4n) is 2.82. The Balaban J connectivity index is 1.53. The van der Waals surface area contributed by atoms with Crippen molar-refractivity contribution >= 4 is 17.3 Å². The van der Waals surface area contributed by atoms with Crippen molar-refractivity contribution in [2.45, 2.75) is 51.0 Å². The summed E-state index contributed by atoms with van der Waals surface area (Å²) < 4.78 is 5.85. The van der Waals surface area contributed by atoms with Crippen LogP contribution in [0.25, 0.3) is 0 Å². The minimum absolute atomic E-state index is 0.369. The summed E-state index contributed by atoms with van der Waals surface area (Å²) in [5.74, 6) is 0.856. The van der Waals surface area contributed by atoms with Gasteiger partial charge in [0.25, 0.3) is 0 Å². The van der Waals surface area contributed by atoms with Gasteiger partial charge in [0.2, 0.25) is 0 Å². The van der Waals surface area contributed by atoms with Crippen LogP contribution in [0.2, 0.25) is 0 Å². The minimum Gasteiger partial charge on any atom is -0.373 e. The molecule has 0 radical (unpaired) electrons. The number of aromatic nitrogens is 1. The second-order valence-electron chi connectivity index (χ2n) is 5.15. The third kappa shape index (κ3) is 2.74. The Morgan fingerprint density at radius 2 is 2.47 bits per heavy atom. The summed E-state index contributed by atoms with van der Waals surface area (Å²) in [5.41, 5.74) is 2.97. The van der Waals surface area contributed by atoms with Crippen LogP contribution in [0, 0.1) is 6.92 Å². The molecule has 1 aromatic heterocycles. The van der Waals surface area contributed by atoms with E-state index in [1.807, 2.05) is 19.5 Å². The Labute approximate surface area is 117 Å². The van der Waals surface area contributed by atoms with Gasteiger partial charge in [0, 0.05) is 11.9 Å². The molecular formula is C13H20N4OS. The van der Waals surface area contributed by atoms with E-state index in [-0.39, 0.29) is 0 Å². The Kier molecular flexibility index (Phi) is 3.70. The number of nitrogens with one attached hydrogen (secondary N) is 2. The summed E-state index contributed by atoms with van der Waals surface area (Å²) in [6.45, 7) is 2.81. The highest BCUT2D eigenvalue weighted by Crippen LogP contribution is 2.34. The van der Waals surface area contributed by atoms with E-state index in [0.717, 1.165) is 24.6 Å². The van der Waals surface area contributed by atoms with Gasteiger partial charge < -0.3 is 15.4 Å². The zero-order valence-corrected chi connectivity index (χ0v) is 12.2. The first kappa shape index (κ1) is 12.9. The van der Waals surface area contributed by atoms with Crippen molar-refractivity contribution < 1.29 is 4.74 Å². The molecule has 19 heavy (non-hydrogen) atoms. The summed E-state index contributed by atoms with van der Waals surface area (Å²) in [7, 11) is 1.81. The van der Waals surface area contributed by atoms with E-state index in [1.165, 1.54) is 17.7 Å². The van der Waals surface area contributed by atoms with E-state index in [2.05, 4.69) is 20.6 Å². The molecule has 2 saturated heterocycles. The molecule has 5 nitrogen and oxygen atoms in total. The molecule has 3 rings (SSSR count). The summed E-state index contributed by atoms with van der Waals surface area (Å²) in [6.07, 6.45) is 4.32. The second kappa shape index (κ2) is 5.46. The first-order valence-corrected chi connectivity index (χ1v) is 7.66. The number of aliphatic imine (C=N–C) groups is 1. The van der Waals surface area contributed by atoms with Crippen LogP contribution in [0.5, 0.6) is 0 Å². The molecule has 2 N–H and O–H groups in total. The SMILES string of the molecule is CN=C(NCc1scnc1C)NC1CC2CCC1O2. The van der Waals surface area contributed by atoms with Crippen molar-refractivity contribution in [1.29, 1.82) is 0 Å². The zero-order valence-electron chi connectivity index (χ0n) is 11.3. The number of hydrogen-bond acceptors (Lipinski definition) is 4. The Hall–Kier alpha value is -1.14. The van der Waals surface area contributed by atoms with E-state index >= 15 is 0 Å². The molecule has 2 aliphatic heterocycles. The maximum atomic E-state index is 5.85. The van der Waals surface area contributed by atoms with Gasteiger partial charge in [-0.05, 0) is 26.2 Å². The first-order chi connectivity index (χ1) is 9.26. The lowest BCUT2D eigenvalue weighted by atomic mass is 9.96. The van der Waals surface area contributed by atoms with Gasteiger partial charge in [-0.15, -0.1) is 11.3 Å². The number of hydrogen-bond donors (Lipinski definition) is 2. The Morgan fingerprint density at radius 1 is 1.58 bits per heavy atom. The highest BCUT2D eigenvalue weighted by molar-refractivity contribution is 7.09. The van der Waals surface area contributed by atoms with Gasteiger partial charge in [-0.25, -0.2) is 4.98 Å². The third-order valence-corrected chi connectivity index (χ3v) is 4.85. The van der Waals surface area contributed by atoms with Crippen molar-refractivity contribution in [2.24, 2.45) is 4.99 Å². The normalized spacial score (nSPS) is 29.8. The number of aryl methyl sites for hydroxylation is 1. The number of ether oxygens (including phenoxy) is 1. The quantitative estimate of drug-likeness (QED) is 0.650. The number of fused-ring (bicyclic) bond motifs is 2. The van der Waals surface area contributed by atoms with Gasteiger partial charge in [-0.2, -0.15) is 0 Å². The lowest BCUT2D eigenvalue weighted by Gasteiger charge is -2.22. The van der Waals surface area contributed by atoms with E-state index in [9.17, 15) is 0 Å². The number of rotatable bonds is 3. The van der Waals surface area contributed by atoms with Crippen molar-refractivity contribution in [3.63, 3.8) is 0 Å². The van der Waals surface area contributed by atoms with Gasteiger partial charge in [0.1, 0.15) is 0 Å². The predicted molar refractivity (Wildman–Crippen MR) is 76.5 cm³/mol.